The molecule has 5 N–H and O–H groups in total. The third-order valence-corrected chi connectivity index (χ3v) is 8.73. The summed E-state index contributed by atoms with van der Waals surface area (Å²) in [6.45, 7) is -0.581. The molecular weight excluding hydrogens is 608 g/mol. The molecule has 43 heavy (non-hydrogen) atoms. The van der Waals surface area contributed by atoms with E-state index in [-0.39, 0.29) is 41.8 Å². The van der Waals surface area contributed by atoms with Crippen LogP contribution in [0.25, 0.3) is 11.2 Å². The maximum absolute atomic E-state index is 12.8. The van der Waals surface area contributed by atoms with Gasteiger partial charge in [0.05, 0.1) is 33.8 Å². The molecule has 0 bridgehead atoms. The van der Waals surface area contributed by atoms with Gasteiger partial charge in [0.15, 0.2) is 11.2 Å². The van der Waals surface area contributed by atoms with Crippen LogP contribution in [0.2, 0.25) is 0 Å². The number of nitrogens with zero attached hydrogens (tertiary/aromatic N) is 3. The minimum absolute atomic E-state index is 0.0528. The maximum Gasteiger partial charge on any atom is 0.527 e. The van der Waals surface area contributed by atoms with E-state index < -0.39 is 39.1 Å². The number of nitrogen functional groups attached to an aromatic ring is 1. The zero-order chi connectivity index (χ0) is 30.8. The van der Waals surface area contributed by atoms with Crippen molar-refractivity contribution in [3.8, 4) is 23.0 Å². The van der Waals surface area contributed by atoms with E-state index in [0.29, 0.717) is 17.9 Å². The Morgan fingerprint density at radius 3 is 1.95 bits per heavy atom. The molecule has 2 heterocycles. The summed E-state index contributed by atoms with van der Waals surface area (Å²) in [7, 11) is -6.19. The number of nitrogens with one attached hydrogen (secondary N) is 1. The molecule has 1 fully saturated rings. The van der Waals surface area contributed by atoms with E-state index in [1.807, 2.05) is 0 Å². The SMILES string of the molecule is COc1ccc(OP(=O)(O)OCC2CC(n3cnc4c(=O)[nH]c(N)nc43)C2COP(=O)(O)Oc2ccc(OC)cc2)cc1. The van der Waals surface area contributed by atoms with Crippen molar-refractivity contribution >= 4 is 32.8 Å². The number of ether oxygens (including phenoxy) is 2. The van der Waals surface area contributed by atoms with Crippen LogP contribution in [0.4, 0.5) is 5.95 Å². The molecular formula is C25H29N5O11P2. The summed E-state index contributed by atoms with van der Waals surface area (Å²) in [5, 5.41) is 0. The third-order valence-electron chi connectivity index (χ3n) is 6.89. The van der Waals surface area contributed by atoms with E-state index in [4.69, 9.17) is 33.3 Å². The number of imidazole rings is 1. The Hall–Kier alpha value is -3.91. The van der Waals surface area contributed by atoms with Gasteiger partial charge in [-0.15, -0.1) is 0 Å². The number of fused-ring (bicyclic) bond motifs is 1. The summed E-state index contributed by atoms with van der Waals surface area (Å²) in [5.74, 6) is 0.104. The first kappa shape index (κ1) is 30.5. The third kappa shape index (κ3) is 7.19. The summed E-state index contributed by atoms with van der Waals surface area (Å²) < 4.78 is 58.1. The molecule has 0 radical (unpaired) electrons. The fourth-order valence-corrected chi connectivity index (χ4v) is 6.31. The van der Waals surface area contributed by atoms with Gasteiger partial charge in [-0.2, -0.15) is 4.98 Å². The van der Waals surface area contributed by atoms with Crippen LogP contribution in [0.15, 0.2) is 59.7 Å². The van der Waals surface area contributed by atoms with Gasteiger partial charge in [0.1, 0.15) is 23.0 Å². The highest BCUT2D eigenvalue weighted by Crippen LogP contribution is 2.52. The smallest absolute Gasteiger partial charge is 0.497 e. The molecule has 1 aliphatic rings. The van der Waals surface area contributed by atoms with Gasteiger partial charge in [0.2, 0.25) is 5.95 Å². The highest BCUT2D eigenvalue weighted by Gasteiger charge is 2.46. The molecule has 0 saturated heterocycles. The van der Waals surface area contributed by atoms with Gasteiger partial charge in [-0.25, -0.2) is 14.1 Å². The Labute approximate surface area is 244 Å². The standard InChI is InChI=1S/C25H29N5O11P2/c1-36-16-3-7-18(8-4-16)40-42(32,33)38-12-15-11-21(30-14-27-22-23(30)28-25(26)29-24(22)31)20(15)13-39-43(34,35)41-19-9-5-17(37-2)6-10-19/h3-10,14-15,20-21H,11-13H2,1-2H3,(H,32,33)(H,34,35)(H3,26,28,29,31). The number of H-pyrrole nitrogens is 1. The Balaban J connectivity index is 1.31. The van der Waals surface area contributed by atoms with Gasteiger partial charge in [0, 0.05) is 12.0 Å². The summed E-state index contributed by atoms with van der Waals surface area (Å²) in [4.78, 5) is 43.7. The quantitative estimate of drug-likeness (QED) is 0.155. The van der Waals surface area contributed by atoms with Gasteiger partial charge in [0.25, 0.3) is 5.56 Å². The molecule has 5 rings (SSSR count). The minimum Gasteiger partial charge on any atom is -0.497 e. The number of benzene rings is 2. The van der Waals surface area contributed by atoms with Crippen molar-refractivity contribution in [3.63, 3.8) is 0 Å². The predicted octanol–water partition coefficient (Wildman–Crippen LogP) is 3.29. The number of hydrogen-bond acceptors (Lipinski definition) is 12. The number of aromatic nitrogens is 4. The van der Waals surface area contributed by atoms with E-state index in [1.165, 1.54) is 44.8 Å². The molecule has 2 aromatic heterocycles. The first-order chi connectivity index (χ1) is 20.5. The van der Waals surface area contributed by atoms with Crippen LogP contribution in [0.3, 0.4) is 0 Å². The average Bonchev–Trinajstić information content (AvgIpc) is 3.36. The second kappa shape index (κ2) is 12.4. The Bertz CT molecular complexity index is 1730. The van der Waals surface area contributed by atoms with Crippen LogP contribution in [0.5, 0.6) is 23.0 Å². The van der Waals surface area contributed by atoms with E-state index in [2.05, 4.69) is 15.0 Å². The van der Waals surface area contributed by atoms with Crippen LogP contribution in [0.1, 0.15) is 12.5 Å². The molecule has 5 atom stereocenters. The lowest BCUT2D eigenvalue weighted by Crippen LogP contribution is -2.43. The molecule has 4 aromatic rings. The predicted molar refractivity (Wildman–Crippen MR) is 152 cm³/mol. The van der Waals surface area contributed by atoms with Crippen molar-refractivity contribution in [1.82, 2.24) is 19.5 Å². The van der Waals surface area contributed by atoms with Crippen molar-refractivity contribution in [2.75, 3.05) is 33.2 Å². The number of aromatic amines is 1. The average molecular weight is 637 g/mol. The Morgan fingerprint density at radius 1 is 0.907 bits per heavy atom. The molecule has 5 unspecified atom stereocenters. The molecule has 0 amide bonds. The molecule has 2 aromatic carbocycles. The summed E-state index contributed by atoms with van der Waals surface area (Å²) >= 11 is 0. The number of rotatable bonds is 13. The van der Waals surface area contributed by atoms with Crippen molar-refractivity contribution in [1.29, 1.82) is 0 Å². The van der Waals surface area contributed by atoms with Gasteiger partial charge >= 0.3 is 15.6 Å². The lowest BCUT2D eigenvalue weighted by atomic mass is 9.70. The number of methoxy groups -OCH3 is 2. The molecule has 16 nitrogen and oxygen atoms in total. The topological polar surface area (TPSA) is 220 Å². The first-order valence-corrected chi connectivity index (χ1v) is 15.8. The maximum atomic E-state index is 12.8. The lowest BCUT2D eigenvalue weighted by molar-refractivity contribution is -0.00444. The number of phosphoric ester groups is 2. The molecule has 1 aliphatic carbocycles. The van der Waals surface area contributed by atoms with Crippen molar-refractivity contribution in [2.24, 2.45) is 11.8 Å². The van der Waals surface area contributed by atoms with Crippen molar-refractivity contribution in [2.45, 2.75) is 12.5 Å². The summed E-state index contributed by atoms with van der Waals surface area (Å²) in [5.41, 5.74) is 5.46. The van der Waals surface area contributed by atoms with Gasteiger partial charge < -0.3 is 28.8 Å². The Kier molecular flexibility index (Phi) is 8.79. The van der Waals surface area contributed by atoms with Crippen molar-refractivity contribution < 1.29 is 46.5 Å². The number of phosphoric acid groups is 2. The van der Waals surface area contributed by atoms with Crippen LogP contribution in [0, 0.1) is 11.8 Å². The summed E-state index contributed by atoms with van der Waals surface area (Å²) in [6, 6.07) is 11.6. The fourth-order valence-electron chi connectivity index (χ4n) is 4.68. The number of anilines is 1. The molecule has 0 spiro atoms. The zero-order valence-electron chi connectivity index (χ0n) is 22.9. The molecule has 0 aliphatic heterocycles. The van der Waals surface area contributed by atoms with Crippen LogP contribution in [-0.4, -0.2) is 56.7 Å². The van der Waals surface area contributed by atoms with Crippen molar-refractivity contribution in [3.05, 3.63) is 65.2 Å². The molecule has 230 valence electrons. The monoisotopic (exact) mass is 637 g/mol. The van der Waals surface area contributed by atoms with E-state index in [9.17, 15) is 23.7 Å². The van der Waals surface area contributed by atoms with Crippen LogP contribution in [-0.2, 0) is 18.2 Å². The summed E-state index contributed by atoms with van der Waals surface area (Å²) in [6.07, 6.45) is 1.75. The van der Waals surface area contributed by atoms with Gasteiger partial charge in [-0.1, -0.05) is 0 Å². The first-order valence-electron chi connectivity index (χ1n) is 12.8. The second-order valence-electron chi connectivity index (χ2n) is 9.56. The normalized spacial score (nSPS) is 20.9. The highest BCUT2D eigenvalue weighted by molar-refractivity contribution is 7.48. The van der Waals surface area contributed by atoms with Crippen LogP contribution < -0.4 is 29.8 Å². The van der Waals surface area contributed by atoms with E-state index in [0.717, 1.165) is 0 Å². The number of nitrogens with two attached hydrogens (primary N) is 1. The minimum atomic E-state index is -4.61. The fraction of sp³-hybridized carbons (Fsp3) is 0.320. The number of hydrogen-bond donors (Lipinski definition) is 4. The highest BCUT2D eigenvalue weighted by atomic mass is 31.2. The lowest BCUT2D eigenvalue weighted by Gasteiger charge is -2.45. The largest absolute Gasteiger partial charge is 0.527 e. The van der Waals surface area contributed by atoms with E-state index in [1.54, 1.807) is 28.8 Å². The Morgan fingerprint density at radius 2 is 1.42 bits per heavy atom. The zero-order valence-corrected chi connectivity index (χ0v) is 24.7. The molecule has 18 heteroatoms. The van der Waals surface area contributed by atoms with Crippen LogP contribution >= 0.6 is 15.6 Å². The van der Waals surface area contributed by atoms with E-state index >= 15 is 0 Å². The van der Waals surface area contributed by atoms with Gasteiger partial charge in [-0.05, 0) is 60.9 Å². The second-order valence-corrected chi connectivity index (χ2v) is 12.3. The van der Waals surface area contributed by atoms with Gasteiger partial charge in [-0.3, -0.25) is 28.6 Å². The molecule has 1 saturated carbocycles.